The van der Waals surface area contributed by atoms with Crippen LogP contribution in [0.3, 0.4) is 0 Å². The molecule has 136 valence electrons. The molecule has 0 aromatic heterocycles. The van der Waals surface area contributed by atoms with Crippen molar-refractivity contribution in [2.45, 2.75) is 19.2 Å². The van der Waals surface area contributed by atoms with Crippen molar-refractivity contribution in [3.05, 3.63) is 65.2 Å². The molecule has 0 radical (unpaired) electrons. The Labute approximate surface area is 155 Å². The van der Waals surface area contributed by atoms with Crippen LogP contribution in [0.2, 0.25) is 0 Å². The molecule has 0 bridgehead atoms. The maximum atomic E-state index is 12.4. The van der Waals surface area contributed by atoms with Gasteiger partial charge in [0.1, 0.15) is 0 Å². The summed E-state index contributed by atoms with van der Waals surface area (Å²) < 4.78 is 22.6. The summed E-state index contributed by atoms with van der Waals surface area (Å²) in [6, 6.07) is 14.3. The molecule has 2 N–H and O–H groups in total. The van der Waals surface area contributed by atoms with E-state index in [1.165, 1.54) is 6.26 Å². The molecule has 0 fully saturated rings. The summed E-state index contributed by atoms with van der Waals surface area (Å²) in [5.41, 5.74) is 2.94. The van der Waals surface area contributed by atoms with E-state index in [9.17, 15) is 13.2 Å². The van der Waals surface area contributed by atoms with Crippen LogP contribution in [0, 0.1) is 0 Å². The van der Waals surface area contributed by atoms with Crippen molar-refractivity contribution < 1.29 is 13.2 Å². The van der Waals surface area contributed by atoms with Crippen LogP contribution in [0.25, 0.3) is 0 Å². The Morgan fingerprint density at radius 3 is 2.28 bits per heavy atom. The molecule has 0 heterocycles. The molecule has 0 saturated heterocycles. The Morgan fingerprint density at radius 2 is 1.68 bits per heavy atom. The first kappa shape index (κ1) is 21.2. The van der Waals surface area contributed by atoms with Crippen LogP contribution >= 0.6 is 12.4 Å². The van der Waals surface area contributed by atoms with Crippen molar-refractivity contribution in [3.63, 3.8) is 0 Å². The number of amides is 1. The van der Waals surface area contributed by atoms with Gasteiger partial charge in [0, 0.05) is 24.1 Å². The standard InChI is InChI=1S/C18H22N2O3S.ClH/c1-3-19-12-16-6-4-5-7-17(16)20-18(21)15-10-8-14(9-11-15)13-24(2,22)23;/h4-11,19H,3,12-13H2,1-2H3,(H,20,21);1H. The van der Waals surface area contributed by atoms with Gasteiger partial charge in [-0.1, -0.05) is 37.3 Å². The van der Waals surface area contributed by atoms with Crippen LogP contribution in [-0.2, 0) is 22.1 Å². The lowest BCUT2D eigenvalue weighted by molar-refractivity contribution is 0.102. The van der Waals surface area contributed by atoms with Crippen LogP contribution < -0.4 is 10.6 Å². The summed E-state index contributed by atoms with van der Waals surface area (Å²) in [6.45, 7) is 3.56. The van der Waals surface area contributed by atoms with Gasteiger partial charge in [-0.25, -0.2) is 8.42 Å². The minimum Gasteiger partial charge on any atom is -0.322 e. The van der Waals surface area contributed by atoms with E-state index in [0.717, 1.165) is 17.8 Å². The molecule has 0 unspecified atom stereocenters. The van der Waals surface area contributed by atoms with Crippen LogP contribution in [0.15, 0.2) is 48.5 Å². The van der Waals surface area contributed by atoms with Crippen molar-refractivity contribution >= 4 is 33.8 Å². The molecule has 0 aliphatic heterocycles. The van der Waals surface area contributed by atoms with E-state index in [-0.39, 0.29) is 24.1 Å². The number of rotatable bonds is 7. The second kappa shape index (κ2) is 9.56. The predicted molar refractivity (Wildman–Crippen MR) is 104 cm³/mol. The fraction of sp³-hybridized carbons (Fsp3) is 0.278. The molecule has 0 aliphatic rings. The van der Waals surface area contributed by atoms with Crippen molar-refractivity contribution in [2.24, 2.45) is 0 Å². The molecule has 1 amide bonds. The average molecular weight is 383 g/mol. The first-order valence-electron chi connectivity index (χ1n) is 7.75. The van der Waals surface area contributed by atoms with E-state index in [2.05, 4.69) is 10.6 Å². The minimum atomic E-state index is -3.08. The van der Waals surface area contributed by atoms with Gasteiger partial charge in [-0.3, -0.25) is 4.79 Å². The lowest BCUT2D eigenvalue weighted by Gasteiger charge is -2.11. The van der Waals surface area contributed by atoms with Crippen LogP contribution in [0.1, 0.15) is 28.4 Å². The summed E-state index contributed by atoms with van der Waals surface area (Å²) in [5, 5.41) is 6.15. The second-order valence-corrected chi connectivity index (χ2v) is 7.80. The van der Waals surface area contributed by atoms with Gasteiger partial charge in [0.25, 0.3) is 5.91 Å². The SMILES string of the molecule is CCNCc1ccccc1NC(=O)c1ccc(CS(C)(=O)=O)cc1.Cl. The van der Waals surface area contributed by atoms with Crippen molar-refractivity contribution in [3.8, 4) is 0 Å². The third-order valence-corrected chi connectivity index (χ3v) is 4.33. The van der Waals surface area contributed by atoms with Crippen molar-refractivity contribution in [1.29, 1.82) is 0 Å². The lowest BCUT2D eigenvalue weighted by Crippen LogP contribution is -2.17. The normalized spacial score (nSPS) is 10.8. The topological polar surface area (TPSA) is 75.3 Å². The fourth-order valence-corrected chi connectivity index (χ4v) is 3.10. The Balaban J connectivity index is 0.00000312. The number of halogens is 1. The van der Waals surface area contributed by atoms with E-state index < -0.39 is 9.84 Å². The molecule has 5 nitrogen and oxygen atoms in total. The van der Waals surface area contributed by atoms with Gasteiger partial charge in [-0.2, -0.15) is 0 Å². The van der Waals surface area contributed by atoms with E-state index in [0.29, 0.717) is 17.7 Å². The van der Waals surface area contributed by atoms with Crippen LogP contribution in [0.4, 0.5) is 5.69 Å². The highest BCUT2D eigenvalue weighted by atomic mass is 35.5. The minimum absolute atomic E-state index is 0. The molecular formula is C18H23ClN2O3S. The van der Waals surface area contributed by atoms with Gasteiger partial charge >= 0.3 is 0 Å². The smallest absolute Gasteiger partial charge is 0.255 e. The summed E-state index contributed by atoms with van der Waals surface area (Å²) in [4.78, 5) is 12.4. The average Bonchev–Trinajstić information content (AvgIpc) is 2.53. The molecular weight excluding hydrogens is 360 g/mol. The molecule has 25 heavy (non-hydrogen) atoms. The number of para-hydroxylation sites is 1. The Bertz CT molecular complexity index is 805. The maximum absolute atomic E-state index is 12.4. The van der Waals surface area contributed by atoms with Gasteiger partial charge in [0.15, 0.2) is 9.84 Å². The summed E-state index contributed by atoms with van der Waals surface area (Å²) in [5.74, 6) is -0.245. The molecule has 2 aromatic rings. The molecule has 7 heteroatoms. The molecule has 0 aliphatic carbocycles. The molecule has 0 spiro atoms. The van der Waals surface area contributed by atoms with Gasteiger partial charge in [0.2, 0.25) is 0 Å². The molecule has 2 rings (SSSR count). The zero-order chi connectivity index (χ0) is 17.6. The number of sulfone groups is 1. The number of anilines is 1. The highest BCUT2D eigenvalue weighted by molar-refractivity contribution is 7.89. The van der Waals surface area contributed by atoms with Crippen LogP contribution in [-0.4, -0.2) is 27.1 Å². The lowest BCUT2D eigenvalue weighted by atomic mass is 10.1. The zero-order valence-electron chi connectivity index (χ0n) is 14.3. The van der Waals surface area contributed by atoms with Gasteiger partial charge in [0.05, 0.1) is 5.75 Å². The first-order chi connectivity index (χ1) is 11.4. The summed E-state index contributed by atoms with van der Waals surface area (Å²) in [6.07, 6.45) is 1.19. The Hall–Kier alpha value is -1.89. The van der Waals surface area contributed by atoms with Crippen LogP contribution in [0.5, 0.6) is 0 Å². The van der Waals surface area contributed by atoms with Gasteiger partial charge in [-0.15, -0.1) is 12.4 Å². The Kier molecular flexibility index (Phi) is 8.09. The number of carbonyl (C=O) groups is 1. The Morgan fingerprint density at radius 1 is 1.04 bits per heavy atom. The van der Waals surface area contributed by atoms with Gasteiger partial charge in [-0.05, 0) is 35.9 Å². The van der Waals surface area contributed by atoms with Crippen molar-refractivity contribution in [2.75, 3.05) is 18.1 Å². The predicted octanol–water partition coefficient (Wildman–Crippen LogP) is 3.01. The zero-order valence-corrected chi connectivity index (χ0v) is 15.9. The van der Waals surface area contributed by atoms with Crippen molar-refractivity contribution in [1.82, 2.24) is 5.32 Å². The second-order valence-electron chi connectivity index (χ2n) is 5.66. The third-order valence-electron chi connectivity index (χ3n) is 3.48. The largest absolute Gasteiger partial charge is 0.322 e. The molecule has 0 atom stereocenters. The molecule has 2 aromatic carbocycles. The number of hydrogen-bond acceptors (Lipinski definition) is 4. The number of benzene rings is 2. The summed E-state index contributed by atoms with van der Waals surface area (Å²) in [7, 11) is -3.08. The first-order valence-corrected chi connectivity index (χ1v) is 9.81. The van der Waals surface area contributed by atoms with E-state index in [1.54, 1.807) is 24.3 Å². The van der Waals surface area contributed by atoms with Gasteiger partial charge < -0.3 is 10.6 Å². The highest BCUT2D eigenvalue weighted by Crippen LogP contribution is 2.16. The quantitative estimate of drug-likeness (QED) is 0.771. The summed E-state index contributed by atoms with van der Waals surface area (Å²) >= 11 is 0. The number of hydrogen-bond donors (Lipinski definition) is 2. The van der Waals surface area contributed by atoms with E-state index >= 15 is 0 Å². The number of nitrogens with one attached hydrogen (secondary N) is 2. The third kappa shape index (κ3) is 6.86. The van der Waals surface area contributed by atoms with E-state index in [1.807, 2.05) is 31.2 Å². The molecule has 0 saturated carbocycles. The fourth-order valence-electron chi connectivity index (χ4n) is 2.31. The number of carbonyl (C=O) groups excluding carboxylic acids is 1. The maximum Gasteiger partial charge on any atom is 0.255 e. The highest BCUT2D eigenvalue weighted by Gasteiger charge is 2.10. The monoisotopic (exact) mass is 382 g/mol. The van der Waals surface area contributed by atoms with E-state index in [4.69, 9.17) is 0 Å².